The first kappa shape index (κ1) is 12.2. The highest BCUT2D eigenvalue weighted by Gasteiger charge is 2.36. The molecule has 0 radical (unpaired) electrons. The van der Waals surface area contributed by atoms with E-state index >= 15 is 0 Å². The average molecular weight is 294 g/mol. The van der Waals surface area contributed by atoms with E-state index in [1.54, 1.807) is 0 Å². The lowest BCUT2D eigenvalue weighted by molar-refractivity contribution is -0.133. The molecule has 0 N–H and O–H groups in total. The summed E-state index contributed by atoms with van der Waals surface area (Å²) in [6.45, 7) is 6.59. The number of halogens is 1. The van der Waals surface area contributed by atoms with Gasteiger partial charge in [0.2, 0.25) is 0 Å². The van der Waals surface area contributed by atoms with Gasteiger partial charge < -0.3 is 4.74 Å². The van der Waals surface area contributed by atoms with Crippen molar-refractivity contribution in [3.8, 4) is 0 Å². The number of hydrogen-bond acceptors (Lipinski definition) is 3. The standard InChI is InChI=1S/C11H20BrNOS/c1-11(2)8-13(6-10(5-12)14-11)9-3-4-15-7-9/h9-10H,3-8H2,1-2H3. The van der Waals surface area contributed by atoms with E-state index in [9.17, 15) is 0 Å². The lowest BCUT2D eigenvalue weighted by atomic mass is 10.0. The van der Waals surface area contributed by atoms with Gasteiger partial charge in [-0.15, -0.1) is 0 Å². The summed E-state index contributed by atoms with van der Waals surface area (Å²) in [6.07, 6.45) is 1.72. The van der Waals surface area contributed by atoms with Crippen LogP contribution in [-0.2, 0) is 4.74 Å². The van der Waals surface area contributed by atoms with Crippen LogP contribution < -0.4 is 0 Å². The van der Waals surface area contributed by atoms with Crippen LogP contribution in [0.15, 0.2) is 0 Å². The van der Waals surface area contributed by atoms with E-state index in [2.05, 4.69) is 46.4 Å². The molecule has 2 aliphatic heterocycles. The first-order chi connectivity index (χ1) is 7.11. The zero-order valence-corrected chi connectivity index (χ0v) is 11.9. The van der Waals surface area contributed by atoms with Crippen molar-refractivity contribution in [3.05, 3.63) is 0 Å². The lowest BCUT2D eigenvalue weighted by Crippen LogP contribution is -2.56. The molecule has 2 unspecified atom stereocenters. The largest absolute Gasteiger partial charge is 0.369 e. The number of hydrogen-bond donors (Lipinski definition) is 0. The van der Waals surface area contributed by atoms with E-state index in [1.165, 1.54) is 17.9 Å². The molecule has 0 amide bonds. The monoisotopic (exact) mass is 293 g/mol. The predicted molar refractivity (Wildman–Crippen MR) is 70.0 cm³/mol. The third kappa shape index (κ3) is 3.11. The number of alkyl halides is 1. The summed E-state index contributed by atoms with van der Waals surface area (Å²) < 4.78 is 6.02. The minimum absolute atomic E-state index is 0.0178. The fourth-order valence-electron chi connectivity index (χ4n) is 2.51. The van der Waals surface area contributed by atoms with E-state index in [0.29, 0.717) is 6.10 Å². The molecule has 0 aromatic carbocycles. The van der Waals surface area contributed by atoms with Crippen molar-refractivity contribution in [2.24, 2.45) is 0 Å². The summed E-state index contributed by atoms with van der Waals surface area (Å²) in [4.78, 5) is 2.63. The summed E-state index contributed by atoms with van der Waals surface area (Å²) in [7, 11) is 0. The van der Waals surface area contributed by atoms with Crippen LogP contribution in [0.2, 0.25) is 0 Å². The first-order valence-corrected chi connectivity index (χ1v) is 7.94. The zero-order valence-electron chi connectivity index (χ0n) is 9.54. The van der Waals surface area contributed by atoms with Crippen molar-refractivity contribution in [2.45, 2.75) is 38.0 Å². The van der Waals surface area contributed by atoms with E-state index in [1.807, 2.05) is 0 Å². The van der Waals surface area contributed by atoms with Gasteiger partial charge in [0.15, 0.2) is 0 Å². The van der Waals surface area contributed by atoms with Gasteiger partial charge in [-0.1, -0.05) is 15.9 Å². The first-order valence-electron chi connectivity index (χ1n) is 5.66. The summed E-state index contributed by atoms with van der Waals surface area (Å²) in [5.74, 6) is 2.65. The molecule has 2 aliphatic rings. The fraction of sp³-hybridized carbons (Fsp3) is 1.00. The number of ether oxygens (including phenoxy) is 1. The number of nitrogens with zero attached hydrogens (tertiary/aromatic N) is 1. The Bertz CT molecular complexity index is 219. The Morgan fingerprint density at radius 1 is 1.53 bits per heavy atom. The Kier molecular flexibility index (Phi) is 4.03. The molecule has 2 nitrogen and oxygen atoms in total. The molecule has 0 spiro atoms. The van der Waals surface area contributed by atoms with Crippen molar-refractivity contribution >= 4 is 27.7 Å². The van der Waals surface area contributed by atoms with Crippen molar-refractivity contribution in [2.75, 3.05) is 29.9 Å². The number of rotatable bonds is 2. The van der Waals surface area contributed by atoms with Crippen LogP contribution in [0, 0.1) is 0 Å². The molecular weight excluding hydrogens is 274 g/mol. The molecule has 4 heteroatoms. The predicted octanol–water partition coefficient (Wildman–Crippen LogP) is 2.37. The highest BCUT2D eigenvalue weighted by atomic mass is 79.9. The van der Waals surface area contributed by atoms with Crippen LogP contribution in [0.3, 0.4) is 0 Å². The molecule has 0 aromatic heterocycles. The van der Waals surface area contributed by atoms with Crippen LogP contribution in [0.25, 0.3) is 0 Å². The Hall–Kier alpha value is 0.750. The third-order valence-corrected chi connectivity index (χ3v) is 4.97. The van der Waals surface area contributed by atoms with Gasteiger partial charge in [0, 0.05) is 30.2 Å². The molecule has 2 atom stereocenters. The highest BCUT2D eigenvalue weighted by molar-refractivity contribution is 9.09. The topological polar surface area (TPSA) is 12.5 Å². The molecule has 2 fully saturated rings. The zero-order chi connectivity index (χ0) is 10.9. The van der Waals surface area contributed by atoms with E-state index in [4.69, 9.17) is 4.74 Å². The second-order valence-electron chi connectivity index (χ2n) is 5.10. The molecule has 0 saturated carbocycles. The second-order valence-corrected chi connectivity index (χ2v) is 6.90. The van der Waals surface area contributed by atoms with Gasteiger partial charge in [0.05, 0.1) is 11.7 Å². The van der Waals surface area contributed by atoms with Crippen LogP contribution in [0.5, 0.6) is 0 Å². The van der Waals surface area contributed by atoms with Gasteiger partial charge in [-0.05, 0) is 26.0 Å². The van der Waals surface area contributed by atoms with Crippen LogP contribution >= 0.6 is 27.7 Å². The smallest absolute Gasteiger partial charge is 0.0806 e. The van der Waals surface area contributed by atoms with Gasteiger partial charge in [0.25, 0.3) is 0 Å². The normalized spacial score (nSPS) is 37.0. The molecular formula is C11H20BrNOS. The average Bonchev–Trinajstić information content (AvgIpc) is 2.68. The summed E-state index contributed by atoms with van der Waals surface area (Å²) in [5.41, 5.74) is 0.0178. The molecule has 0 aromatic rings. The van der Waals surface area contributed by atoms with Crippen molar-refractivity contribution < 1.29 is 4.74 Å². The number of morpholine rings is 1. The molecule has 2 rings (SSSR count). The maximum Gasteiger partial charge on any atom is 0.0806 e. The van der Waals surface area contributed by atoms with Gasteiger partial charge in [-0.25, -0.2) is 0 Å². The van der Waals surface area contributed by atoms with Gasteiger partial charge in [-0.3, -0.25) is 4.90 Å². The maximum atomic E-state index is 6.02. The lowest BCUT2D eigenvalue weighted by Gasteiger charge is -2.44. The minimum Gasteiger partial charge on any atom is -0.369 e. The Morgan fingerprint density at radius 2 is 2.33 bits per heavy atom. The highest BCUT2D eigenvalue weighted by Crippen LogP contribution is 2.29. The fourth-order valence-corrected chi connectivity index (χ4v) is 4.10. The van der Waals surface area contributed by atoms with E-state index < -0.39 is 0 Å². The molecule has 15 heavy (non-hydrogen) atoms. The van der Waals surface area contributed by atoms with E-state index in [-0.39, 0.29) is 5.60 Å². The second kappa shape index (κ2) is 4.94. The van der Waals surface area contributed by atoms with Crippen LogP contribution in [-0.4, -0.2) is 52.6 Å². The quantitative estimate of drug-likeness (QED) is 0.726. The minimum atomic E-state index is 0.0178. The molecule has 0 bridgehead atoms. The molecule has 0 aliphatic carbocycles. The van der Waals surface area contributed by atoms with Crippen LogP contribution in [0.1, 0.15) is 20.3 Å². The van der Waals surface area contributed by atoms with Gasteiger partial charge in [0.1, 0.15) is 0 Å². The SMILES string of the molecule is CC1(C)CN(C2CCSC2)CC(CBr)O1. The number of thioether (sulfide) groups is 1. The van der Waals surface area contributed by atoms with Gasteiger partial charge >= 0.3 is 0 Å². The Labute approximate surface area is 105 Å². The van der Waals surface area contributed by atoms with Crippen molar-refractivity contribution in [1.29, 1.82) is 0 Å². The third-order valence-electron chi connectivity index (χ3n) is 3.10. The Morgan fingerprint density at radius 3 is 2.93 bits per heavy atom. The summed E-state index contributed by atoms with van der Waals surface area (Å²) >= 11 is 5.63. The summed E-state index contributed by atoms with van der Waals surface area (Å²) in [5, 5.41) is 0.951. The van der Waals surface area contributed by atoms with E-state index in [0.717, 1.165) is 24.5 Å². The molecule has 2 saturated heterocycles. The Balaban J connectivity index is 1.98. The molecule has 2 heterocycles. The van der Waals surface area contributed by atoms with Crippen molar-refractivity contribution in [3.63, 3.8) is 0 Å². The maximum absolute atomic E-state index is 6.02. The van der Waals surface area contributed by atoms with Gasteiger partial charge in [-0.2, -0.15) is 11.8 Å². The summed E-state index contributed by atoms with van der Waals surface area (Å²) in [6, 6.07) is 0.791. The molecule has 88 valence electrons. The van der Waals surface area contributed by atoms with Crippen LogP contribution in [0.4, 0.5) is 0 Å². The van der Waals surface area contributed by atoms with Crippen molar-refractivity contribution in [1.82, 2.24) is 4.90 Å².